The van der Waals surface area contributed by atoms with E-state index in [1.807, 2.05) is 0 Å². The van der Waals surface area contributed by atoms with Gasteiger partial charge >= 0.3 is 76.0 Å². The van der Waals surface area contributed by atoms with E-state index in [0.29, 0.717) is 0 Å². The molecule has 0 amide bonds. The Hall–Kier alpha value is 1.56. The van der Waals surface area contributed by atoms with Crippen molar-refractivity contribution in [3.05, 3.63) is 0 Å². The third-order valence-corrected chi connectivity index (χ3v) is 0. The Kier molecular flexibility index (Phi) is 12.9. The molecule has 0 aromatic heterocycles. The van der Waals surface area contributed by atoms with Crippen molar-refractivity contribution in [2.45, 2.75) is 0 Å². The summed E-state index contributed by atoms with van der Waals surface area (Å²) in [7, 11) is 0. The first-order valence-corrected chi connectivity index (χ1v) is 3.63. The van der Waals surface area contributed by atoms with Crippen LogP contribution in [0.2, 0.25) is 0 Å². The van der Waals surface area contributed by atoms with E-state index in [0.717, 1.165) is 0 Å². The molecule has 42 valence electrons. The summed E-state index contributed by atoms with van der Waals surface area (Å²) in [5, 5.41) is 0. The van der Waals surface area contributed by atoms with Crippen LogP contribution < -0.4 is 0 Å². The van der Waals surface area contributed by atoms with E-state index in [2.05, 4.69) is 0 Å². The monoisotopic (exact) mass is 252 g/mol. The zero-order valence-corrected chi connectivity index (χ0v) is 6.43. The van der Waals surface area contributed by atoms with Gasteiger partial charge in [0.25, 0.3) is 0 Å². The second-order valence-corrected chi connectivity index (χ2v) is 2.33. The van der Waals surface area contributed by atoms with Gasteiger partial charge in [0.15, 0.2) is 0 Å². The fraction of sp³-hybridized carbons (Fsp3) is 0. The van der Waals surface area contributed by atoms with Gasteiger partial charge in [0.05, 0.1) is 0 Å². The Morgan fingerprint density at radius 1 is 1.14 bits per heavy atom. The minimum absolute atomic E-state index is 0. The summed E-state index contributed by atoms with van der Waals surface area (Å²) in [6, 6.07) is 0. The van der Waals surface area contributed by atoms with Crippen molar-refractivity contribution in [1.29, 1.82) is 0 Å². The number of hydrogen-bond donors (Lipinski definition) is 2. The van der Waals surface area contributed by atoms with Gasteiger partial charge in [0, 0.05) is 0 Å². The summed E-state index contributed by atoms with van der Waals surface area (Å²) in [6.07, 6.45) is 0. The SMILES string of the molecule is O=[Se](=O)(O)O.[NaH].[SeH2]. The fourth-order valence-electron chi connectivity index (χ4n) is 0. The quantitative estimate of drug-likeness (QED) is 0.442. The molecule has 4 nitrogen and oxygen atoms in total. The average molecular weight is 250 g/mol. The first-order chi connectivity index (χ1) is 2.00. The van der Waals surface area contributed by atoms with Gasteiger partial charge < -0.3 is 0 Å². The predicted molar refractivity (Wildman–Crippen MR) is 27.3 cm³/mol. The summed E-state index contributed by atoms with van der Waals surface area (Å²) in [5.74, 6) is 0. The van der Waals surface area contributed by atoms with Crippen molar-refractivity contribution in [1.82, 2.24) is 0 Å². The molecule has 0 heterocycles. The molecule has 7 heteroatoms. The van der Waals surface area contributed by atoms with Gasteiger partial charge in [0.1, 0.15) is 0 Å². The van der Waals surface area contributed by atoms with E-state index < -0.39 is 13.4 Å². The van der Waals surface area contributed by atoms with Gasteiger partial charge in [-0.1, -0.05) is 0 Å². The standard InChI is InChI=1S/Na.H2O4Se.H2Se.H/c;1-5(2,3)4;;/h;(H2,1,2,3,4);1H2;. The van der Waals surface area contributed by atoms with Crippen molar-refractivity contribution in [2.24, 2.45) is 0 Å². The molecule has 0 aliphatic carbocycles. The Morgan fingerprint density at radius 3 is 1.14 bits per heavy atom. The average Bonchev–Trinajstić information content (AvgIpc) is 0.722. The topological polar surface area (TPSA) is 74.6 Å². The van der Waals surface area contributed by atoms with Gasteiger partial charge in [-0.2, -0.15) is 0 Å². The van der Waals surface area contributed by atoms with E-state index in [-0.39, 0.29) is 46.6 Å². The molecular formula is H5NaO4Se2. The van der Waals surface area contributed by atoms with Crippen molar-refractivity contribution in [3.63, 3.8) is 0 Å². The van der Waals surface area contributed by atoms with E-state index >= 15 is 0 Å². The summed E-state index contributed by atoms with van der Waals surface area (Å²) in [6.45, 7) is 0. The molecule has 0 unspecified atom stereocenters. The molecule has 0 spiro atoms. The van der Waals surface area contributed by atoms with Gasteiger partial charge in [-0.15, -0.1) is 0 Å². The van der Waals surface area contributed by atoms with Gasteiger partial charge in [-0.05, 0) is 0 Å². The molecule has 0 rings (SSSR count). The third kappa shape index (κ3) is 96.1. The first kappa shape index (κ1) is 15.8. The van der Waals surface area contributed by atoms with E-state index in [4.69, 9.17) is 16.0 Å². The van der Waals surface area contributed by atoms with Crippen molar-refractivity contribution >= 4 is 60.0 Å². The summed E-state index contributed by atoms with van der Waals surface area (Å²) < 4.78 is 31.9. The van der Waals surface area contributed by atoms with Crippen LogP contribution in [0.15, 0.2) is 0 Å². The van der Waals surface area contributed by atoms with Crippen LogP contribution >= 0.6 is 0 Å². The van der Waals surface area contributed by atoms with Crippen LogP contribution in [0, 0.1) is 0 Å². The summed E-state index contributed by atoms with van der Waals surface area (Å²) >= 11 is -5.25. The van der Waals surface area contributed by atoms with Crippen LogP contribution in [-0.4, -0.2) is 68.4 Å². The summed E-state index contributed by atoms with van der Waals surface area (Å²) in [4.78, 5) is 0. The Labute approximate surface area is 75.3 Å². The van der Waals surface area contributed by atoms with Crippen molar-refractivity contribution < 1.29 is 16.0 Å². The maximum absolute atomic E-state index is 8.82. The van der Waals surface area contributed by atoms with Gasteiger partial charge in [-0.25, -0.2) is 0 Å². The maximum atomic E-state index is 8.82. The molecule has 0 radical (unpaired) electrons. The zero-order valence-electron chi connectivity index (χ0n) is 2.62. The molecule has 0 fully saturated rings. The molecular weight excluding hydrogens is 245 g/mol. The predicted octanol–water partition coefficient (Wildman–Crippen LogP) is -3.30. The number of rotatable bonds is 0. The van der Waals surface area contributed by atoms with Crippen LogP contribution in [0.3, 0.4) is 0 Å². The Balaban J connectivity index is -0.0000000800. The minimum atomic E-state index is -5.25. The molecule has 0 saturated carbocycles. The first-order valence-electron chi connectivity index (χ1n) is 0.698. The third-order valence-electron chi connectivity index (χ3n) is 0. The summed E-state index contributed by atoms with van der Waals surface area (Å²) in [5.41, 5.74) is 0. The fourth-order valence-corrected chi connectivity index (χ4v) is 0. The van der Waals surface area contributed by atoms with Gasteiger partial charge in [-0.3, -0.25) is 0 Å². The van der Waals surface area contributed by atoms with E-state index in [1.165, 1.54) is 0 Å². The van der Waals surface area contributed by atoms with E-state index in [1.54, 1.807) is 0 Å². The van der Waals surface area contributed by atoms with Crippen molar-refractivity contribution in [2.75, 3.05) is 0 Å². The van der Waals surface area contributed by atoms with Crippen LogP contribution in [0.4, 0.5) is 0 Å². The second-order valence-electron chi connectivity index (χ2n) is 0.448. The Bertz CT molecular complexity index is 92.9. The van der Waals surface area contributed by atoms with Gasteiger partial charge in [0.2, 0.25) is 0 Å². The molecule has 0 aromatic rings. The number of hydrogen-bond acceptors (Lipinski definition) is 2. The molecule has 0 saturated heterocycles. The molecule has 0 aliphatic heterocycles. The molecule has 0 aromatic carbocycles. The van der Waals surface area contributed by atoms with Crippen LogP contribution in [0.5, 0.6) is 0 Å². The van der Waals surface area contributed by atoms with Crippen LogP contribution in [0.1, 0.15) is 0 Å². The molecule has 0 bridgehead atoms. The molecule has 7 heavy (non-hydrogen) atoms. The second kappa shape index (κ2) is 5.69. The molecule has 0 atom stereocenters. The van der Waals surface area contributed by atoms with Crippen molar-refractivity contribution in [3.8, 4) is 0 Å². The van der Waals surface area contributed by atoms with E-state index in [9.17, 15) is 0 Å². The Morgan fingerprint density at radius 2 is 1.14 bits per heavy atom. The molecule has 0 aliphatic rings. The molecule has 2 N–H and O–H groups in total. The zero-order chi connectivity index (χ0) is 4.50. The normalized spacial score (nSPS) is 8.29. The van der Waals surface area contributed by atoms with Crippen LogP contribution in [-0.2, 0) is 7.67 Å². The van der Waals surface area contributed by atoms with Crippen LogP contribution in [0.25, 0.3) is 0 Å².